The number of halogens is 1. The molecule has 0 radical (unpaired) electrons. The lowest BCUT2D eigenvalue weighted by Crippen LogP contribution is -2.35. The number of aromatic nitrogens is 3. The minimum Gasteiger partial charge on any atom is -0.393 e. The molecule has 0 amide bonds. The highest BCUT2D eigenvalue weighted by molar-refractivity contribution is 6.35. The molecule has 1 fully saturated rings. The molecule has 7 heteroatoms. The van der Waals surface area contributed by atoms with Gasteiger partial charge in [0.25, 0.3) is 0 Å². The van der Waals surface area contributed by atoms with Crippen molar-refractivity contribution in [1.82, 2.24) is 15.0 Å². The molecule has 0 saturated carbocycles. The third kappa shape index (κ3) is 3.87. The van der Waals surface area contributed by atoms with Gasteiger partial charge in [-0.3, -0.25) is 0 Å². The molecule has 0 bridgehead atoms. The first-order valence-corrected chi connectivity index (χ1v) is 9.81. The summed E-state index contributed by atoms with van der Waals surface area (Å²) < 4.78 is 0. The Morgan fingerprint density at radius 1 is 1.22 bits per heavy atom. The van der Waals surface area contributed by atoms with E-state index < -0.39 is 0 Å². The molecule has 1 aliphatic heterocycles. The van der Waals surface area contributed by atoms with Gasteiger partial charge in [0, 0.05) is 37.9 Å². The number of anilines is 2. The first kappa shape index (κ1) is 18.1. The molecule has 0 unspecified atom stereocenters. The number of nitrogens with zero attached hydrogens (tertiary/aromatic N) is 3. The molecular weight excluding hydrogens is 362 g/mol. The number of benzene rings is 1. The number of hydrogen-bond acceptors (Lipinski definition) is 5. The summed E-state index contributed by atoms with van der Waals surface area (Å²) in [5.74, 6) is 1.53. The maximum absolute atomic E-state index is 9.66. The molecule has 1 aromatic carbocycles. The second-order valence-electron chi connectivity index (χ2n) is 6.94. The molecule has 0 atom stereocenters. The van der Waals surface area contributed by atoms with E-state index in [1.54, 1.807) is 6.20 Å². The molecular formula is C20H24ClN5O. The molecule has 3 N–H and O–H groups in total. The number of rotatable bonds is 5. The summed E-state index contributed by atoms with van der Waals surface area (Å²) in [6, 6.07) is 8.53. The standard InChI is InChI=1S/C20H24ClN5O/c1-2-22-20-19-18(16(21)12-23-19)24-17(25-20)11-13-3-5-14(6-4-13)26-9-7-15(27)8-10-26/h3-6,12,15,23,27H,2,7-11H2,1H3,(H,22,24,25). The van der Waals surface area contributed by atoms with Crippen LogP contribution in [-0.4, -0.2) is 45.8 Å². The topological polar surface area (TPSA) is 77.1 Å². The van der Waals surface area contributed by atoms with Crippen LogP contribution in [0.1, 0.15) is 31.2 Å². The Hall–Kier alpha value is -2.31. The van der Waals surface area contributed by atoms with Crippen LogP contribution in [0.3, 0.4) is 0 Å². The second kappa shape index (κ2) is 7.74. The van der Waals surface area contributed by atoms with E-state index in [1.807, 2.05) is 6.92 Å². The summed E-state index contributed by atoms with van der Waals surface area (Å²) in [5.41, 5.74) is 3.95. The Bertz CT molecular complexity index is 916. The molecule has 27 heavy (non-hydrogen) atoms. The molecule has 3 heterocycles. The van der Waals surface area contributed by atoms with E-state index >= 15 is 0 Å². The summed E-state index contributed by atoms with van der Waals surface area (Å²) in [6.07, 6.45) is 3.91. The SMILES string of the molecule is CCNc1nc(Cc2ccc(N3CCC(O)CC3)cc2)nc2c(Cl)c[nH]c12. The van der Waals surface area contributed by atoms with Gasteiger partial charge < -0.3 is 20.3 Å². The van der Waals surface area contributed by atoms with Gasteiger partial charge in [0.2, 0.25) is 0 Å². The Morgan fingerprint density at radius 2 is 1.96 bits per heavy atom. The third-order valence-corrected chi connectivity index (χ3v) is 5.29. The molecule has 0 aliphatic carbocycles. The fourth-order valence-electron chi connectivity index (χ4n) is 3.53. The number of nitrogens with one attached hydrogen (secondary N) is 2. The first-order chi connectivity index (χ1) is 13.1. The minimum atomic E-state index is -0.154. The molecule has 3 aromatic rings. The van der Waals surface area contributed by atoms with Crippen molar-refractivity contribution in [2.75, 3.05) is 29.9 Å². The molecule has 142 valence electrons. The summed E-state index contributed by atoms with van der Waals surface area (Å²) in [6.45, 7) is 4.62. The molecule has 2 aromatic heterocycles. The van der Waals surface area contributed by atoms with Crippen LogP contribution in [-0.2, 0) is 6.42 Å². The van der Waals surface area contributed by atoms with E-state index in [2.05, 4.69) is 49.4 Å². The molecule has 0 spiro atoms. The largest absolute Gasteiger partial charge is 0.393 e. The first-order valence-electron chi connectivity index (χ1n) is 9.43. The summed E-state index contributed by atoms with van der Waals surface area (Å²) >= 11 is 6.26. The van der Waals surface area contributed by atoms with Crippen molar-refractivity contribution >= 4 is 34.1 Å². The van der Waals surface area contributed by atoms with Gasteiger partial charge in [-0.2, -0.15) is 0 Å². The average molecular weight is 386 g/mol. The van der Waals surface area contributed by atoms with Crippen molar-refractivity contribution in [1.29, 1.82) is 0 Å². The Labute approximate surface area is 163 Å². The number of aromatic amines is 1. The predicted molar refractivity (Wildman–Crippen MR) is 110 cm³/mol. The van der Waals surface area contributed by atoms with Crippen LogP contribution in [0.4, 0.5) is 11.5 Å². The summed E-state index contributed by atoms with van der Waals surface area (Å²) in [7, 11) is 0. The van der Waals surface area contributed by atoms with Crippen LogP contribution in [0.2, 0.25) is 5.02 Å². The van der Waals surface area contributed by atoms with Gasteiger partial charge in [-0.25, -0.2) is 9.97 Å². The number of aliphatic hydroxyl groups excluding tert-OH is 1. The van der Waals surface area contributed by atoms with Gasteiger partial charge in [-0.05, 0) is 37.5 Å². The van der Waals surface area contributed by atoms with Crippen LogP contribution in [0, 0.1) is 0 Å². The van der Waals surface area contributed by atoms with Crippen molar-refractivity contribution in [3.8, 4) is 0 Å². The number of aliphatic hydroxyl groups is 1. The highest BCUT2D eigenvalue weighted by Gasteiger charge is 2.17. The number of fused-ring (bicyclic) bond motifs is 1. The van der Waals surface area contributed by atoms with E-state index in [4.69, 9.17) is 11.6 Å². The van der Waals surface area contributed by atoms with Gasteiger partial charge in [-0.15, -0.1) is 0 Å². The van der Waals surface area contributed by atoms with E-state index in [-0.39, 0.29) is 6.10 Å². The highest BCUT2D eigenvalue weighted by Crippen LogP contribution is 2.27. The maximum Gasteiger partial charge on any atom is 0.154 e. The number of piperidine rings is 1. The molecule has 1 aliphatic rings. The fraction of sp³-hybridized carbons (Fsp3) is 0.400. The van der Waals surface area contributed by atoms with Crippen molar-refractivity contribution in [2.24, 2.45) is 0 Å². The van der Waals surface area contributed by atoms with Crippen molar-refractivity contribution < 1.29 is 5.11 Å². The quantitative estimate of drug-likeness (QED) is 0.625. The Morgan fingerprint density at radius 3 is 2.67 bits per heavy atom. The number of hydrogen-bond donors (Lipinski definition) is 3. The van der Waals surface area contributed by atoms with Gasteiger partial charge >= 0.3 is 0 Å². The van der Waals surface area contributed by atoms with Gasteiger partial charge in [0.15, 0.2) is 5.82 Å². The van der Waals surface area contributed by atoms with E-state index in [0.717, 1.165) is 60.7 Å². The predicted octanol–water partition coefficient (Wildman–Crippen LogP) is 3.60. The van der Waals surface area contributed by atoms with Gasteiger partial charge in [-0.1, -0.05) is 23.7 Å². The lowest BCUT2D eigenvalue weighted by molar-refractivity contribution is 0.145. The van der Waals surface area contributed by atoms with Crippen LogP contribution < -0.4 is 10.2 Å². The zero-order valence-electron chi connectivity index (χ0n) is 15.4. The maximum atomic E-state index is 9.66. The Balaban J connectivity index is 1.54. The lowest BCUT2D eigenvalue weighted by atomic mass is 10.1. The molecule has 6 nitrogen and oxygen atoms in total. The van der Waals surface area contributed by atoms with Gasteiger partial charge in [0.05, 0.1) is 11.1 Å². The fourth-order valence-corrected chi connectivity index (χ4v) is 3.72. The van der Waals surface area contributed by atoms with Crippen LogP contribution in [0.15, 0.2) is 30.5 Å². The van der Waals surface area contributed by atoms with Crippen molar-refractivity contribution in [3.05, 3.63) is 46.9 Å². The third-order valence-electron chi connectivity index (χ3n) is 5.00. The summed E-state index contributed by atoms with van der Waals surface area (Å²) in [4.78, 5) is 14.8. The zero-order chi connectivity index (χ0) is 18.8. The van der Waals surface area contributed by atoms with Crippen molar-refractivity contribution in [2.45, 2.75) is 32.3 Å². The lowest BCUT2D eigenvalue weighted by Gasteiger charge is -2.31. The summed E-state index contributed by atoms with van der Waals surface area (Å²) in [5, 5.41) is 13.5. The van der Waals surface area contributed by atoms with Gasteiger partial charge in [0.1, 0.15) is 16.9 Å². The Kier molecular flexibility index (Phi) is 5.18. The normalized spacial score (nSPS) is 15.4. The van der Waals surface area contributed by atoms with Crippen LogP contribution in [0.5, 0.6) is 0 Å². The smallest absolute Gasteiger partial charge is 0.154 e. The molecule has 1 saturated heterocycles. The van der Waals surface area contributed by atoms with Crippen LogP contribution in [0.25, 0.3) is 11.0 Å². The number of H-pyrrole nitrogens is 1. The van der Waals surface area contributed by atoms with E-state index in [9.17, 15) is 5.11 Å². The molecule has 4 rings (SSSR count). The average Bonchev–Trinajstić information content (AvgIpc) is 3.05. The zero-order valence-corrected chi connectivity index (χ0v) is 16.1. The van der Waals surface area contributed by atoms with Crippen LogP contribution >= 0.6 is 11.6 Å². The highest BCUT2D eigenvalue weighted by atomic mass is 35.5. The van der Waals surface area contributed by atoms with E-state index in [0.29, 0.717) is 11.4 Å². The monoisotopic (exact) mass is 385 g/mol. The minimum absolute atomic E-state index is 0.154. The van der Waals surface area contributed by atoms with Crippen molar-refractivity contribution in [3.63, 3.8) is 0 Å². The second-order valence-corrected chi connectivity index (χ2v) is 7.35. The van der Waals surface area contributed by atoms with E-state index in [1.165, 1.54) is 5.69 Å².